The minimum Gasteiger partial charge on any atom is -0.352 e. The fourth-order valence-corrected chi connectivity index (χ4v) is 2.53. The molecule has 0 aliphatic carbocycles. The predicted molar refractivity (Wildman–Crippen MR) is 70.1 cm³/mol. The number of nitrogens with one attached hydrogen (secondary N) is 1. The Kier molecular flexibility index (Phi) is 4.31. The summed E-state index contributed by atoms with van der Waals surface area (Å²) in [7, 11) is 1.93. The van der Waals surface area contributed by atoms with Crippen LogP contribution in [0.5, 0.6) is 0 Å². The standard InChI is InChI=1S/C13H22N4/c1-3-12-6-4-5-7-17(12)13-10-15-9-11(16-13)8-14-2/h9-10,12,14H,3-8H2,1-2H3. The lowest BCUT2D eigenvalue weighted by atomic mass is 10.0. The van der Waals surface area contributed by atoms with Gasteiger partial charge in [-0.15, -0.1) is 0 Å². The second kappa shape index (κ2) is 5.96. The van der Waals surface area contributed by atoms with Crippen LogP contribution < -0.4 is 10.2 Å². The van der Waals surface area contributed by atoms with Crippen LogP contribution in [0, 0.1) is 0 Å². The van der Waals surface area contributed by atoms with E-state index in [1.165, 1.54) is 25.7 Å². The van der Waals surface area contributed by atoms with Gasteiger partial charge in [0.2, 0.25) is 0 Å². The van der Waals surface area contributed by atoms with Gasteiger partial charge in [-0.2, -0.15) is 0 Å². The first kappa shape index (κ1) is 12.3. The van der Waals surface area contributed by atoms with Crippen molar-refractivity contribution in [2.24, 2.45) is 0 Å². The molecule has 0 amide bonds. The molecule has 2 heterocycles. The zero-order valence-electron chi connectivity index (χ0n) is 10.8. The molecule has 17 heavy (non-hydrogen) atoms. The lowest BCUT2D eigenvalue weighted by molar-refractivity contribution is 0.446. The number of nitrogens with zero attached hydrogens (tertiary/aromatic N) is 3. The van der Waals surface area contributed by atoms with E-state index in [4.69, 9.17) is 0 Å². The second-order valence-electron chi connectivity index (χ2n) is 4.65. The van der Waals surface area contributed by atoms with Gasteiger partial charge < -0.3 is 10.2 Å². The van der Waals surface area contributed by atoms with Crippen LogP contribution in [-0.4, -0.2) is 29.6 Å². The molecule has 1 unspecified atom stereocenters. The molecule has 0 radical (unpaired) electrons. The Morgan fingerprint density at radius 1 is 1.41 bits per heavy atom. The molecular formula is C13H22N4. The Morgan fingerprint density at radius 3 is 3.06 bits per heavy atom. The van der Waals surface area contributed by atoms with Crippen LogP contribution in [0.2, 0.25) is 0 Å². The largest absolute Gasteiger partial charge is 0.352 e. The minimum absolute atomic E-state index is 0.642. The SMILES string of the molecule is CCC1CCCCN1c1cncc(CNC)n1. The van der Waals surface area contributed by atoms with Crippen molar-refractivity contribution in [3.63, 3.8) is 0 Å². The van der Waals surface area contributed by atoms with Crippen LogP contribution in [0.25, 0.3) is 0 Å². The maximum Gasteiger partial charge on any atom is 0.147 e. The molecule has 0 spiro atoms. The molecule has 1 aromatic rings. The molecule has 1 saturated heterocycles. The Hall–Kier alpha value is -1.16. The highest BCUT2D eigenvalue weighted by Gasteiger charge is 2.22. The van der Waals surface area contributed by atoms with Gasteiger partial charge in [0.1, 0.15) is 5.82 Å². The van der Waals surface area contributed by atoms with E-state index in [1.54, 1.807) is 0 Å². The van der Waals surface area contributed by atoms with Crippen molar-refractivity contribution >= 4 is 5.82 Å². The summed E-state index contributed by atoms with van der Waals surface area (Å²) in [6, 6.07) is 0.642. The van der Waals surface area contributed by atoms with E-state index in [-0.39, 0.29) is 0 Å². The van der Waals surface area contributed by atoms with E-state index in [0.29, 0.717) is 6.04 Å². The predicted octanol–water partition coefficient (Wildman–Crippen LogP) is 1.96. The molecule has 0 aromatic carbocycles. The van der Waals surface area contributed by atoms with Gasteiger partial charge in [0.15, 0.2) is 0 Å². The van der Waals surface area contributed by atoms with Crippen molar-refractivity contribution in [1.82, 2.24) is 15.3 Å². The van der Waals surface area contributed by atoms with Crippen LogP contribution in [0.1, 0.15) is 38.3 Å². The minimum atomic E-state index is 0.642. The summed E-state index contributed by atoms with van der Waals surface area (Å²) < 4.78 is 0. The van der Waals surface area contributed by atoms with E-state index in [2.05, 4.69) is 27.1 Å². The molecule has 4 heteroatoms. The second-order valence-corrected chi connectivity index (χ2v) is 4.65. The summed E-state index contributed by atoms with van der Waals surface area (Å²) in [6.45, 7) is 4.16. The first-order chi connectivity index (χ1) is 8.35. The molecule has 1 aromatic heterocycles. The highest BCUT2D eigenvalue weighted by atomic mass is 15.2. The summed E-state index contributed by atoms with van der Waals surface area (Å²) in [6.07, 6.45) is 8.83. The fraction of sp³-hybridized carbons (Fsp3) is 0.692. The maximum atomic E-state index is 4.69. The monoisotopic (exact) mass is 234 g/mol. The van der Waals surface area contributed by atoms with Crippen molar-refractivity contribution in [2.75, 3.05) is 18.5 Å². The summed E-state index contributed by atoms with van der Waals surface area (Å²) in [4.78, 5) is 11.4. The highest BCUT2D eigenvalue weighted by Crippen LogP contribution is 2.24. The quantitative estimate of drug-likeness (QED) is 0.864. The number of piperidine rings is 1. The normalized spacial score (nSPS) is 20.6. The van der Waals surface area contributed by atoms with Crippen LogP contribution in [-0.2, 0) is 6.54 Å². The number of anilines is 1. The van der Waals surface area contributed by atoms with Gasteiger partial charge in [0, 0.05) is 25.3 Å². The van der Waals surface area contributed by atoms with E-state index in [0.717, 1.165) is 24.6 Å². The van der Waals surface area contributed by atoms with Crippen molar-refractivity contribution in [3.05, 3.63) is 18.1 Å². The van der Waals surface area contributed by atoms with Gasteiger partial charge in [-0.1, -0.05) is 6.92 Å². The van der Waals surface area contributed by atoms with Crippen molar-refractivity contribution in [2.45, 2.75) is 45.2 Å². The third kappa shape index (κ3) is 2.94. The molecular weight excluding hydrogens is 212 g/mol. The molecule has 0 saturated carbocycles. The molecule has 94 valence electrons. The fourth-order valence-electron chi connectivity index (χ4n) is 2.53. The Labute approximate surface area is 103 Å². The van der Waals surface area contributed by atoms with Crippen LogP contribution in [0.3, 0.4) is 0 Å². The summed E-state index contributed by atoms with van der Waals surface area (Å²) in [5.74, 6) is 1.05. The highest BCUT2D eigenvalue weighted by molar-refractivity contribution is 5.38. The zero-order chi connectivity index (χ0) is 12.1. The third-order valence-electron chi connectivity index (χ3n) is 3.42. The van der Waals surface area contributed by atoms with E-state index < -0.39 is 0 Å². The lowest BCUT2D eigenvalue weighted by Gasteiger charge is -2.36. The first-order valence-corrected chi connectivity index (χ1v) is 6.57. The van der Waals surface area contributed by atoms with Crippen LogP contribution >= 0.6 is 0 Å². The first-order valence-electron chi connectivity index (χ1n) is 6.57. The Morgan fingerprint density at radius 2 is 2.29 bits per heavy atom. The average molecular weight is 234 g/mol. The molecule has 2 rings (SSSR count). The van der Waals surface area contributed by atoms with E-state index >= 15 is 0 Å². The Bertz CT molecular complexity index is 353. The lowest BCUT2D eigenvalue weighted by Crippen LogP contribution is -2.39. The topological polar surface area (TPSA) is 41.1 Å². The number of aromatic nitrogens is 2. The molecule has 1 N–H and O–H groups in total. The van der Waals surface area contributed by atoms with E-state index in [9.17, 15) is 0 Å². The maximum absolute atomic E-state index is 4.69. The van der Waals surface area contributed by atoms with E-state index in [1.807, 2.05) is 19.4 Å². The molecule has 1 aliphatic heterocycles. The van der Waals surface area contributed by atoms with Crippen molar-refractivity contribution < 1.29 is 0 Å². The summed E-state index contributed by atoms with van der Waals surface area (Å²) in [5.41, 5.74) is 1.02. The zero-order valence-corrected chi connectivity index (χ0v) is 10.8. The van der Waals surface area contributed by atoms with Crippen LogP contribution in [0.15, 0.2) is 12.4 Å². The molecule has 4 nitrogen and oxygen atoms in total. The van der Waals surface area contributed by atoms with Crippen molar-refractivity contribution in [1.29, 1.82) is 0 Å². The number of rotatable bonds is 4. The summed E-state index contributed by atoms with van der Waals surface area (Å²) in [5, 5.41) is 3.12. The van der Waals surface area contributed by atoms with Gasteiger partial charge in [0.05, 0.1) is 11.9 Å². The summed E-state index contributed by atoms with van der Waals surface area (Å²) >= 11 is 0. The number of hydrogen-bond acceptors (Lipinski definition) is 4. The number of hydrogen-bond donors (Lipinski definition) is 1. The molecule has 1 atom stereocenters. The van der Waals surface area contributed by atoms with Gasteiger partial charge in [-0.3, -0.25) is 4.98 Å². The van der Waals surface area contributed by atoms with Crippen LogP contribution in [0.4, 0.5) is 5.82 Å². The molecule has 0 bridgehead atoms. The third-order valence-corrected chi connectivity index (χ3v) is 3.42. The Balaban J connectivity index is 2.16. The van der Waals surface area contributed by atoms with Gasteiger partial charge in [-0.05, 0) is 32.7 Å². The van der Waals surface area contributed by atoms with Crippen molar-refractivity contribution in [3.8, 4) is 0 Å². The van der Waals surface area contributed by atoms with Gasteiger partial charge >= 0.3 is 0 Å². The molecule has 1 fully saturated rings. The average Bonchev–Trinajstić information content (AvgIpc) is 2.39. The van der Waals surface area contributed by atoms with Gasteiger partial charge in [0.25, 0.3) is 0 Å². The molecule has 1 aliphatic rings. The smallest absolute Gasteiger partial charge is 0.147 e. The van der Waals surface area contributed by atoms with Gasteiger partial charge in [-0.25, -0.2) is 4.98 Å².